The SMILES string of the molecule is Fc1c(F)c(F)c(-c2c(F)c(F)c(-c3cc(-c4ccc5c(c4)oc4ccccc45)cc(-c4c(F)c(F)c(-c5c(F)c(F)c(F)c(F)c5F)c(F)c4F)c3)c(F)c2F)c(F)c1F. The van der Waals surface area contributed by atoms with Crippen molar-refractivity contribution in [3.05, 3.63) is 165 Å². The predicted octanol–water partition coefficient (Wildman–Crippen LogP) is 14.4. The zero-order valence-corrected chi connectivity index (χ0v) is 29.0. The summed E-state index contributed by atoms with van der Waals surface area (Å²) in [7, 11) is 0. The predicted molar refractivity (Wildman–Crippen MR) is 180 cm³/mol. The zero-order valence-electron chi connectivity index (χ0n) is 29.0. The molecule has 0 N–H and O–H groups in total. The molecular formula is C42H10F18O. The minimum atomic E-state index is -2.86. The molecule has 0 fully saturated rings. The van der Waals surface area contributed by atoms with Crippen molar-refractivity contribution < 1.29 is 83.4 Å². The van der Waals surface area contributed by atoms with Gasteiger partial charge >= 0.3 is 0 Å². The lowest BCUT2D eigenvalue weighted by Crippen LogP contribution is -2.10. The fraction of sp³-hybridized carbons (Fsp3) is 0. The second-order valence-corrected chi connectivity index (χ2v) is 13.0. The number of benzene rings is 7. The molecule has 0 saturated heterocycles. The molecule has 8 rings (SSSR count). The highest BCUT2D eigenvalue weighted by Gasteiger charge is 2.37. The van der Waals surface area contributed by atoms with Crippen LogP contribution in [0.4, 0.5) is 79.0 Å². The van der Waals surface area contributed by atoms with Crippen LogP contribution in [0, 0.1) is 105 Å². The number of halogens is 18. The molecule has 0 aliphatic carbocycles. The van der Waals surface area contributed by atoms with Gasteiger partial charge in [-0.3, -0.25) is 0 Å². The van der Waals surface area contributed by atoms with Crippen molar-refractivity contribution in [1.82, 2.24) is 0 Å². The van der Waals surface area contributed by atoms with Gasteiger partial charge in [0.1, 0.15) is 11.2 Å². The zero-order chi connectivity index (χ0) is 44.3. The number of hydrogen-bond acceptors (Lipinski definition) is 1. The van der Waals surface area contributed by atoms with Gasteiger partial charge in [0.2, 0.25) is 11.6 Å². The van der Waals surface area contributed by atoms with E-state index in [0.717, 1.165) is 0 Å². The maximum absolute atomic E-state index is 16.0. The molecule has 310 valence electrons. The van der Waals surface area contributed by atoms with Crippen molar-refractivity contribution in [2.45, 2.75) is 0 Å². The summed E-state index contributed by atoms with van der Waals surface area (Å²) in [6.07, 6.45) is 0. The Morgan fingerprint density at radius 3 is 0.918 bits per heavy atom. The summed E-state index contributed by atoms with van der Waals surface area (Å²) in [5.41, 5.74) is -16.3. The van der Waals surface area contributed by atoms with Gasteiger partial charge in [0.25, 0.3) is 0 Å². The lowest BCUT2D eigenvalue weighted by Gasteiger charge is -2.18. The van der Waals surface area contributed by atoms with Gasteiger partial charge in [-0.25, -0.2) is 79.0 Å². The first-order chi connectivity index (χ1) is 28.8. The van der Waals surface area contributed by atoms with Crippen LogP contribution in [-0.2, 0) is 0 Å². The molecule has 0 aliphatic rings. The molecule has 0 amide bonds. The van der Waals surface area contributed by atoms with Gasteiger partial charge in [-0.05, 0) is 58.7 Å². The fourth-order valence-corrected chi connectivity index (χ4v) is 6.85. The van der Waals surface area contributed by atoms with E-state index < -0.39 is 155 Å². The van der Waals surface area contributed by atoms with Gasteiger partial charge in [0.15, 0.2) is 93.1 Å². The number of hydrogen-bond donors (Lipinski definition) is 0. The van der Waals surface area contributed by atoms with Crippen LogP contribution in [0.15, 0.2) is 65.1 Å². The molecule has 0 saturated carbocycles. The number of fused-ring (bicyclic) bond motifs is 3. The normalized spacial score (nSPS) is 11.8. The van der Waals surface area contributed by atoms with Crippen LogP contribution in [0.25, 0.3) is 77.6 Å². The Balaban J connectivity index is 1.42. The van der Waals surface area contributed by atoms with Crippen LogP contribution >= 0.6 is 0 Å². The number of rotatable bonds is 5. The average Bonchev–Trinajstić information content (AvgIpc) is 3.62. The molecule has 7 aromatic carbocycles. The van der Waals surface area contributed by atoms with E-state index in [1.807, 2.05) is 0 Å². The molecule has 8 aromatic rings. The summed E-state index contributed by atoms with van der Waals surface area (Å²) < 4.78 is 274. The molecule has 19 heteroatoms. The lowest BCUT2D eigenvalue weighted by molar-refractivity contribution is 0.379. The molecule has 1 heterocycles. The van der Waals surface area contributed by atoms with E-state index in [4.69, 9.17) is 4.42 Å². The second-order valence-electron chi connectivity index (χ2n) is 13.0. The van der Waals surface area contributed by atoms with Gasteiger partial charge in [0.05, 0.1) is 33.4 Å². The van der Waals surface area contributed by atoms with Crippen molar-refractivity contribution in [1.29, 1.82) is 0 Å². The summed E-state index contributed by atoms with van der Waals surface area (Å²) in [6, 6.07) is 11.8. The monoisotopic (exact) mass is 872 g/mol. The standard InChI is InChI=1S/C42H10F18O/c43-25-19(26(44)30(48)21(29(25)47)23-33(51)37(55)41(59)38(56)34(23)52)13-7-12(11-5-6-16-15-3-1-2-4-17(15)61-18(16)10-11)8-14(9-13)20-27(45)31(49)22(32(50)28(20)46)24-35(53)39(57)42(60)40(58)36(24)54/h1-10H. The van der Waals surface area contributed by atoms with E-state index >= 15 is 35.1 Å². The summed E-state index contributed by atoms with van der Waals surface area (Å²) in [5, 5.41) is 0.983. The Labute approximate surface area is 326 Å². The molecule has 0 radical (unpaired) electrons. The molecular weight excluding hydrogens is 862 g/mol. The molecule has 0 unspecified atom stereocenters. The van der Waals surface area contributed by atoms with Gasteiger partial charge in [-0.15, -0.1) is 0 Å². The second kappa shape index (κ2) is 14.4. The third kappa shape index (κ3) is 5.91. The highest BCUT2D eigenvalue weighted by atomic mass is 19.2. The molecule has 0 bridgehead atoms. The van der Waals surface area contributed by atoms with Crippen LogP contribution in [-0.4, -0.2) is 0 Å². The van der Waals surface area contributed by atoms with Gasteiger partial charge in [0, 0.05) is 10.8 Å². The van der Waals surface area contributed by atoms with Crippen LogP contribution < -0.4 is 0 Å². The van der Waals surface area contributed by atoms with Crippen LogP contribution in [0.5, 0.6) is 0 Å². The lowest BCUT2D eigenvalue weighted by atomic mass is 9.89. The van der Waals surface area contributed by atoms with Crippen molar-refractivity contribution in [2.24, 2.45) is 0 Å². The van der Waals surface area contributed by atoms with Gasteiger partial charge in [-0.2, -0.15) is 0 Å². The van der Waals surface area contributed by atoms with Crippen LogP contribution in [0.3, 0.4) is 0 Å². The Morgan fingerprint density at radius 2 is 0.525 bits per heavy atom. The first-order valence-corrected chi connectivity index (χ1v) is 16.6. The smallest absolute Gasteiger partial charge is 0.200 e. The highest BCUT2D eigenvalue weighted by molar-refractivity contribution is 6.06. The van der Waals surface area contributed by atoms with E-state index in [1.54, 1.807) is 24.3 Å². The summed E-state index contributed by atoms with van der Waals surface area (Å²) in [4.78, 5) is 0. The Kier molecular flexibility index (Phi) is 9.62. The number of para-hydroxylation sites is 1. The van der Waals surface area contributed by atoms with Crippen LogP contribution in [0.1, 0.15) is 0 Å². The van der Waals surface area contributed by atoms with Crippen LogP contribution in [0.2, 0.25) is 0 Å². The minimum absolute atomic E-state index is 0.0638. The molecule has 1 nitrogen and oxygen atoms in total. The Morgan fingerprint density at radius 1 is 0.230 bits per heavy atom. The summed E-state index contributed by atoms with van der Waals surface area (Å²) in [6.45, 7) is 0. The highest BCUT2D eigenvalue weighted by Crippen LogP contribution is 2.45. The minimum Gasteiger partial charge on any atom is -0.456 e. The molecule has 1 aromatic heterocycles. The topological polar surface area (TPSA) is 13.1 Å². The van der Waals surface area contributed by atoms with E-state index in [2.05, 4.69) is 0 Å². The van der Waals surface area contributed by atoms with Gasteiger partial charge < -0.3 is 4.42 Å². The Hall–Kier alpha value is -6.92. The molecule has 0 atom stereocenters. The van der Waals surface area contributed by atoms with Crippen molar-refractivity contribution >= 4 is 21.9 Å². The maximum Gasteiger partial charge on any atom is 0.200 e. The van der Waals surface area contributed by atoms with E-state index in [0.29, 0.717) is 28.5 Å². The average molecular weight is 873 g/mol. The van der Waals surface area contributed by atoms with Crippen molar-refractivity contribution in [3.8, 4) is 55.6 Å². The molecule has 0 spiro atoms. The third-order valence-electron chi connectivity index (χ3n) is 9.67. The summed E-state index contributed by atoms with van der Waals surface area (Å²) >= 11 is 0. The molecule has 0 aliphatic heterocycles. The first-order valence-electron chi connectivity index (χ1n) is 16.6. The van der Waals surface area contributed by atoms with E-state index in [1.165, 1.54) is 18.2 Å². The maximum atomic E-state index is 16.0. The molecule has 61 heavy (non-hydrogen) atoms. The van der Waals surface area contributed by atoms with E-state index in [9.17, 15) is 43.9 Å². The third-order valence-corrected chi connectivity index (χ3v) is 9.67. The summed E-state index contributed by atoms with van der Waals surface area (Å²) in [5.74, 6) is -50.0. The van der Waals surface area contributed by atoms with Crippen molar-refractivity contribution in [3.63, 3.8) is 0 Å². The number of furan rings is 1. The van der Waals surface area contributed by atoms with Gasteiger partial charge in [-0.1, -0.05) is 24.3 Å². The Bertz CT molecular complexity index is 2970. The largest absolute Gasteiger partial charge is 0.456 e. The quantitative estimate of drug-likeness (QED) is 0.0954. The van der Waals surface area contributed by atoms with Crippen molar-refractivity contribution in [2.75, 3.05) is 0 Å². The van der Waals surface area contributed by atoms with E-state index in [-0.39, 0.29) is 17.2 Å². The fourth-order valence-electron chi connectivity index (χ4n) is 6.85. The first kappa shape index (κ1) is 40.8.